The van der Waals surface area contributed by atoms with E-state index in [0.29, 0.717) is 16.7 Å². The van der Waals surface area contributed by atoms with Gasteiger partial charge in [0.15, 0.2) is 4.90 Å². The molecule has 2 rings (SSSR count). The summed E-state index contributed by atoms with van der Waals surface area (Å²) in [7, 11) is -1.63. The number of hydrogen-bond acceptors (Lipinski definition) is 2. The summed E-state index contributed by atoms with van der Waals surface area (Å²) in [5.41, 5.74) is 1.46. The molecule has 4 nitrogen and oxygen atoms in total. The second kappa shape index (κ2) is 8.96. The molecule has 0 aromatic heterocycles. The van der Waals surface area contributed by atoms with Crippen molar-refractivity contribution in [3.8, 4) is 0 Å². The summed E-state index contributed by atoms with van der Waals surface area (Å²) in [5, 5.41) is 12.7. The van der Waals surface area contributed by atoms with E-state index in [-0.39, 0.29) is 22.5 Å². The van der Waals surface area contributed by atoms with Crippen LogP contribution < -0.4 is 10.5 Å². The van der Waals surface area contributed by atoms with Gasteiger partial charge in [-0.2, -0.15) is 0 Å². The fourth-order valence-corrected chi connectivity index (χ4v) is 4.73. The summed E-state index contributed by atoms with van der Waals surface area (Å²) in [6, 6.07) is 10.2. The molecule has 7 heteroatoms. The van der Waals surface area contributed by atoms with E-state index in [1.807, 2.05) is 12.1 Å². The molecular weight excluding hydrogens is 405 g/mol. The average Bonchev–Trinajstić information content (AvgIpc) is 2.61. The summed E-state index contributed by atoms with van der Waals surface area (Å²) >= 11 is 0. The van der Waals surface area contributed by atoms with E-state index in [0.717, 1.165) is 11.0 Å². The van der Waals surface area contributed by atoms with Gasteiger partial charge in [-0.05, 0) is 42.3 Å². The molecule has 0 unspecified atom stereocenters. The molecule has 0 radical (unpaired) electrons. The standard InChI is InChI=1S/C22H26FNO3SSi/c1-14(9-21(25)26)15-7-8-20(19(23)12-15)24-22(27)16-10-17(28(2)3)13-18(11-16)29(4,5)6/h7-13H,1-6H3,(H-,24,25,26,27)/p+1/b14-9+. The lowest BCUT2D eigenvalue weighted by atomic mass is 10.1. The number of nitrogens with one attached hydrogen (secondary N) is 1. The Bertz CT molecular complexity index is 981. The summed E-state index contributed by atoms with van der Waals surface area (Å²) in [6.45, 7) is 8.27. The van der Waals surface area contributed by atoms with Crippen molar-refractivity contribution >= 4 is 47.3 Å². The Morgan fingerprint density at radius 3 is 2.24 bits per heavy atom. The first kappa shape index (κ1) is 22.9. The number of carbonyl (C=O) groups is 2. The van der Waals surface area contributed by atoms with Crippen LogP contribution in [0.5, 0.6) is 0 Å². The van der Waals surface area contributed by atoms with Gasteiger partial charge in [0.05, 0.1) is 13.8 Å². The van der Waals surface area contributed by atoms with Gasteiger partial charge >= 0.3 is 5.97 Å². The van der Waals surface area contributed by atoms with Crippen molar-refractivity contribution in [1.29, 1.82) is 0 Å². The maximum absolute atomic E-state index is 14.5. The summed E-state index contributed by atoms with van der Waals surface area (Å²) in [6.07, 6.45) is 5.23. The average molecular weight is 433 g/mol. The Labute approximate surface area is 175 Å². The molecule has 0 aliphatic carbocycles. The highest BCUT2D eigenvalue weighted by Gasteiger charge is 2.23. The first-order valence-corrected chi connectivity index (χ1v) is 14.7. The fourth-order valence-electron chi connectivity index (χ4n) is 2.72. The highest BCUT2D eigenvalue weighted by atomic mass is 32.2. The second-order valence-electron chi connectivity index (χ2n) is 8.13. The SMILES string of the molecule is C/C(=C\C(=O)O)c1ccc(NC(=O)c2cc([S+](C)C)cc([Si](C)(C)C)c2)c(F)c1. The third-order valence-corrected chi connectivity index (χ3v) is 7.72. The van der Waals surface area contributed by atoms with Gasteiger partial charge in [-0.3, -0.25) is 4.79 Å². The molecular formula is C22H27FNO3SSi+. The van der Waals surface area contributed by atoms with Crippen LogP contribution in [-0.4, -0.2) is 37.6 Å². The zero-order valence-corrected chi connectivity index (χ0v) is 19.4. The van der Waals surface area contributed by atoms with Crippen LogP contribution in [-0.2, 0) is 15.7 Å². The molecule has 0 atom stereocenters. The predicted octanol–water partition coefficient (Wildman–Crippen LogP) is 4.35. The van der Waals surface area contributed by atoms with Crippen molar-refractivity contribution in [3.05, 3.63) is 59.4 Å². The lowest BCUT2D eigenvalue weighted by Gasteiger charge is -2.18. The summed E-state index contributed by atoms with van der Waals surface area (Å²) in [4.78, 5) is 24.7. The van der Waals surface area contributed by atoms with Crippen molar-refractivity contribution < 1.29 is 19.1 Å². The minimum absolute atomic E-state index is 0.00121. The molecule has 0 saturated carbocycles. The van der Waals surface area contributed by atoms with E-state index < -0.39 is 19.9 Å². The lowest BCUT2D eigenvalue weighted by molar-refractivity contribution is -0.131. The van der Waals surface area contributed by atoms with Crippen molar-refractivity contribution in [2.24, 2.45) is 0 Å². The Morgan fingerprint density at radius 2 is 1.72 bits per heavy atom. The van der Waals surface area contributed by atoms with E-state index in [1.54, 1.807) is 13.0 Å². The molecule has 29 heavy (non-hydrogen) atoms. The third kappa shape index (κ3) is 6.05. The molecule has 2 aromatic carbocycles. The van der Waals surface area contributed by atoms with Gasteiger partial charge in [0.1, 0.15) is 18.3 Å². The number of aliphatic carboxylic acids is 1. The van der Waals surface area contributed by atoms with Crippen molar-refractivity contribution in [2.45, 2.75) is 31.5 Å². The smallest absolute Gasteiger partial charge is 0.328 e. The van der Waals surface area contributed by atoms with Crippen molar-refractivity contribution in [1.82, 2.24) is 0 Å². The predicted molar refractivity (Wildman–Crippen MR) is 123 cm³/mol. The van der Waals surface area contributed by atoms with Gasteiger partial charge in [-0.25, -0.2) is 9.18 Å². The largest absolute Gasteiger partial charge is 0.478 e. The number of carbonyl (C=O) groups excluding carboxylic acids is 1. The van der Waals surface area contributed by atoms with E-state index in [2.05, 4.69) is 43.5 Å². The van der Waals surface area contributed by atoms with Crippen LogP contribution in [0.2, 0.25) is 19.6 Å². The Morgan fingerprint density at radius 1 is 1.07 bits per heavy atom. The van der Waals surface area contributed by atoms with Gasteiger partial charge in [0.25, 0.3) is 5.91 Å². The van der Waals surface area contributed by atoms with Gasteiger partial charge in [-0.1, -0.05) is 30.9 Å². The number of carboxylic acids is 1. The van der Waals surface area contributed by atoms with Crippen LogP contribution in [0.25, 0.3) is 5.57 Å². The van der Waals surface area contributed by atoms with E-state index >= 15 is 0 Å². The van der Waals surface area contributed by atoms with Gasteiger partial charge in [0.2, 0.25) is 0 Å². The summed E-state index contributed by atoms with van der Waals surface area (Å²) in [5.74, 6) is -2.06. The van der Waals surface area contributed by atoms with Crippen LogP contribution in [0.1, 0.15) is 22.8 Å². The van der Waals surface area contributed by atoms with E-state index in [1.165, 1.54) is 17.3 Å². The second-order valence-corrected chi connectivity index (χ2v) is 15.3. The Hall–Kier alpha value is -2.38. The molecule has 1 amide bonds. The number of amides is 1. The van der Waals surface area contributed by atoms with Crippen molar-refractivity contribution in [2.75, 3.05) is 17.8 Å². The quantitative estimate of drug-likeness (QED) is 0.405. The Balaban J connectivity index is 2.35. The minimum Gasteiger partial charge on any atom is -0.478 e. The minimum atomic E-state index is -1.63. The molecule has 154 valence electrons. The zero-order chi connectivity index (χ0) is 21.9. The first-order valence-electron chi connectivity index (χ1n) is 9.14. The van der Waals surface area contributed by atoms with Crippen LogP contribution in [0.4, 0.5) is 10.1 Å². The monoisotopic (exact) mass is 432 g/mol. The number of anilines is 1. The van der Waals surface area contributed by atoms with Gasteiger partial charge in [-0.15, -0.1) is 0 Å². The van der Waals surface area contributed by atoms with Crippen LogP contribution in [0.15, 0.2) is 47.4 Å². The van der Waals surface area contributed by atoms with Gasteiger partial charge in [0, 0.05) is 28.6 Å². The topological polar surface area (TPSA) is 66.4 Å². The number of carboxylic acid groups (broad SMARTS) is 1. The molecule has 0 aliphatic heterocycles. The molecule has 0 fully saturated rings. The molecule has 0 heterocycles. The highest BCUT2D eigenvalue weighted by Crippen LogP contribution is 2.22. The maximum Gasteiger partial charge on any atom is 0.328 e. The molecule has 0 bridgehead atoms. The maximum atomic E-state index is 14.5. The van der Waals surface area contributed by atoms with E-state index in [9.17, 15) is 14.0 Å². The summed E-state index contributed by atoms with van der Waals surface area (Å²) < 4.78 is 14.5. The molecule has 2 aromatic rings. The normalized spacial score (nSPS) is 12.2. The number of benzene rings is 2. The lowest BCUT2D eigenvalue weighted by Crippen LogP contribution is -2.38. The number of allylic oxidation sites excluding steroid dienone is 1. The Kier molecular flexibility index (Phi) is 7.08. The highest BCUT2D eigenvalue weighted by molar-refractivity contribution is 7.95. The van der Waals surface area contributed by atoms with Crippen LogP contribution in [0.3, 0.4) is 0 Å². The number of rotatable bonds is 6. The van der Waals surface area contributed by atoms with E-state index in [4.69, 9.17) is 5.11 Å². The number of halogens is 1. The third-order valence-electron chi connectivity index (χ3n) is 4.52. The van der Waals surface area contributed by atoms with Crippen LogP contribution >= 0.6 is 0 Å². The van der Waals surface area contributed by atoms with Crippen LogP contribution in [0, 0.1) is 5.82 Å². The number of hydrogen-bond donors (Lipinski definition) is 2. The zero-order valence-electron chi connectivity index (χ0n) is 17.6. The first-order chi connectivity index (χ1) is 13.4. The molecule has 0 aliphatic rings. The van der Waals surface area contributed by atoms with Gasteiger partial charge < -0.3 is 10.4 Å². The fraction of sp³-hybridized carbons (Fsp3) is 0.273. The molecule has 2 N–H and O–H groups in total. The van der Waals surface area contributed by atoms with Crippen molar-refractivity contribution in [3.63, 3.8) is 0 Å². The molecule has 0 spiro atoms. The molecule has 0 saturated heterocycles.